The molecule has 1 N–H and O–H groups in total. The Kier molecular flexibility index (Phi) is 8.31. The Labute approximate surface area is 173 Å². The molecule has 29 heavy (non-hydrogen) atoms. The highest BCUT2D eigenvalue weighted by atomic mass is 16.5. The van der Waals surface area contributed by atoms with Crippen LogP contribution in [0.25, 0.3) is 0 Å². The van der Waals surface area contributed by atoms with E-state index in [4.69, 9.17) is 9.47 Å². The molecule has 156 valence electrons. The van der Waals surface area contributed by atoms with E-state index in [1.807, 2.05) is 6.07 Å². The van der Waals surface area contributed by atoms with Gasteiger partial charge in [-0.1, -0.05) is 18.9 Å². The Morgan fingerprint density at radius 1 is 1.14 bits per heavy atom. The van der Waals surface area contributed by atoms with Gasteiger partial charge in [-0.2, -0.15) is 0 Å². The summed E-state index contributed by atoms with van der Waals surface area (Å²) >= 11 is 0. The molecule has 0 saturated carbocycles. The van der Waals surface area contributed by atoms with Gasteiger partial charge >= 0.3 is 0 Å². The van der Waals surface area contributed by atoms with Crippen LogP contribution in [0.1, 0.15) is 48.0 Å². The number of amides is 1. The molecule has 0 aliphatic carbocycles. The monoisotopic (exact) mass is 397 g/mol. The Hall–Kier alpha value is -2.60. The Bertz CT molecular complexity index is 759. The van der Waals surface area contributed by atoms with Crippen molar-refractivity contribution in [2.45, 2.75) is 38.6 Å². The Morgan fingerprint density at radius 2 is 1.97 bits per heavy atom. The van der Waals surface area contributed by atoms with E-state index in [1.165, 1.54) is 44.3 Å². The number of aromatic nitrogens is 1. The summed E-state index contributed by atoms with van der Waals surface area (Å²) in [6, 6.07) is 9.68. The van der Waals surface area contributed by atoms with E-state index in [0.717, 1.165) is 18.0 Å². The minimum atomic E-state index is -0.116. The van der Waals surface area contributed by atoms with Crippen LogP contribution >= 0.6 is 0 Å². The number of carbonyl (C=O) groups excluding carboxylic acids is 1. The first-order chi connectivity index (χ1) is 14.3. The fourth-order valence-corrected chi connectivity index (χ4v) is 3.54. The predicted molar refractivity (Wildman–Crippen MR) is 113 cm³/mol. The van der Waals surface area contributed by atoms with Crippen LogP contribution in [-0.2, 0) is 6.54 Å². The fraction of sp³-hybridized carbons (Fsp3) is 0.478. The van der Waals surface area contributed by atoms with Crippen LogP contribution in [0.4, 0.5) is 0 Å². The molecule has 1 aromatic carbocycles. The molecule has 0 spiro atoms. The zero-order valence-corrected chi connectivity index (χ0v) is 17.2. The minimum absolute atomic E-state index is 0.116. The standard InChI is InChI=1S/C23H31N3O3/c1-28-21-10-9-19(18-26-13-4-2-3-5-14-26)16-22(21)29-15-7-12-25-23(27)20-8-6-11-24-17-20/h6,8-11,16-17H,2-5,7,12-15,18H2,1H3,(H,25,27). The van der Waals surface area contributed by atoms with E-state index in [9.17, 15) is 4.79 Å². The van der Waals surface area contributed by atoms with E-state index in [-0.39, 0.29) is 5.91 Å². The lowest BCUT2D eigenvalue weighted by Crippen LogP contribution is -2.25. The highest BCUT2D eigenvalue weighted by Crippen LogP contribution is 2.29. The summed E-state index contributed by atoms with van der Waals surface area (Å²) in [6.07, 6.45) is 9.17. The molecule has 6 nitrogen and oxygen atoms in total. The zero-order chi connectivity index (χ0) is 20.3. The van der Waals surface area contributed by atoms with Crippen LogP contribution < -0.4 is 14.8 Å². The van der Waals surface area contributed by atoms with Crippen molar-refractivity contribution < 1.29 is 14.3 Å². The summed E-state index contributed by atoms with van der Waals surface area (Å²) in [7, 11) is 1.66. The predicted octanol–water partition coefficient (Wildman–Crippen LogP) is 3.67. The molecule has 0 unspecified atom stereocenters. The number of carbonyl (C=O) groups is 1. The average Bonchev–Trinajstić information content (AvgIpc) is 3.03. The van der Waals surface area contributed by atoms with Gasteiger partial charge in [-0.05, 0) is 62.2 Å². The summed E-state index contributed by atoms with van der Waals surface area (Å²) in [4.78, 5) is 18.5. The van der Waals surface area contributed by atoms with Crippen molar-refractivity contribution in [2.75, 3.05) is 33.4 Å². The third-order valence-corrected chi connectivity index (χ3v) is 5.12. The summed E-state index contributed by atoms with van der Waals surface area (Å²) in [5.74, 6) is 1.39. The van der Waals surface area contributed by atoms with Crippen molar-refractivity contribution in [1.29, 1.82) is 0 Å². The smallest absolute Gasteiger partial charge is 0.252 e. The first kappa shape index (κ1) is 21.1. The number of ether oxygens (including phenoxy) is 2. The SMILES string of the molecule is COc1ccc(CN2CCCCCC2)cc1OCCCNC(=O)c1cccnc1. The lowest BCUT2D eigenvalue weighted by atomic mass is 10.2. The van der Waals surface area contributed by atoms with E-state index in [0.29, 0.717) is 25.1 Å². The second-order valence-electron chi connectivity index (χ2n) is 7.38. The van der Waals surface area contributed by atoms with Crippen LogP contribution in [0, 0.1) is 0 Å². The maximum Gasteiger partial charge on any atom is 0.252 e. The third-order valence-electron chi connectivity index (χ3n) is 5.12. The van der Waals surface area contributed by atoms with Gasteiger partial charge in [-0.15, -0.1) is 0 Å². The van der Waals surface area contributed by atoms with Crippen LogP contribution in [0.3, 0.4) is 0 Å². The molecule has 0 bridgehead atoms. The number of hydrogen-bond acceptors (Lipinski definition) is 5. The average molecular weight is 398 g/mol. The number of benzene rings is 1. The van der Waals surface area contributed by atoms with E-state index in [1.54, 1.807) is 31.6 Å². The molecule has 1 saturated heterocycles. The minimum Gasteiger partial charge on any atom is -0.493 e. The van der Waals surface area contributed by atoms with Gasteiger partial charge in [0.05, 0.1) is 19.3 Å². The van der Waals surface area contributed by atoms with E-state index < -0.39 is 0 Å². The molecule has 1 aliphatic rings. The van der Waals surface area contributed by atoms with Gasteiger partial charge < -0.3 is 14.8 Å². The molecule has 0 atom stereocenters. The Morgan fingerprint density at radius 3 is 2.69 bits per heavy atom. The van der Waals surface area contributed by atoms with Crippen molar-refractivity contribution >= 4 is 5.91 Å². The second-order valence-corrected chi connectivity index (χ2v) is 7.38. The van der Waals surface area contributed by atoms with Gasteiger partial charge in [0.2, 0.25) is 0 Å². The van der Waals surface area contributed by atoms with Crippen molar-refractivity contribution in [1.82, 2.24) is 15.2 Å². The van der Waals surface area contributed by atoms with Crippen LogP contribution in [0.15, 0.2) is 42.7 Å². The maximum absolute atomic E-state index is 12.0. The first-order valence-corrected chi connectivity index (χ1v) is 10.5. The number of pyridine rings is 1. The number of nitrogens with one attached hydrogen (secondary N) is 1. The van der Waals surface area contributed by atoms with Crippen molar-refractivity contribution in [2.24, 2.45) is 0 Å². The van der Waals surface area contributed by atoms with Crippen molar-refractivity contribution in [3.8, 4) is 11.5 Å². The lowest BCUT2D eigenvalue weighted by molar-refractivity contribution is 0.0951. The molecular formula is C23H31N3O3. The topological polar surface area (TPSA) is 63.7 Å². The number of likely N-dealkylation sites (tertiary alicyclic amines) is 1. The van der Waals surface area contributed by atoms with Gasteiger partial charge in [-0.3, -0.25) is 14.7 Å². The van der Waals surface area contributed by atoms with Gasteiger partial charge in [0, 0.05) is 25.5 Å². The molecule has 2 heterocycles. The molecule has 0 radical (unpaired) electrons. The summed E-state index contributed by atoms with van der Waals surface area (Å²) in [5.41, 5.74) is 1.81. The first-order valence-electron chi connectivity index (χ1n) is 10.5. The maximum atomic E-state index is 12.0. The van der Waals surface area contributed by atoms with Gasteiger partial charge in [0.1, 0.15) is 0 Å². The Balaban J connectivity index is 1.47. The molecule has 6 heteroatoms. The van der Waals surface area contributed by atoms with Gasteiger partial charge in [0.25, 0.3) is 5.91 Å². The third kappa shape index (κ3) is 6.75. The highest BCUT2D eigenvalue weighted by molar-refractivity contribution is 5.93. The number of methoxy groups -OCH3 is 1. The summed E-state index contributed by atoms with van der Waals surface area (Å²) < 4.78 is 11.4. The van der Waals surface area contributed by atoms with Crippen molar-refractivity contribution in [3.63, 3.8) is 0 Å². The molecule has 1 amide bonds. The van der Waals surface area contributed by atoms with Crippen molar-refractivity contribution in [3.05, 3.63) is 53.9 Å². The van der Waals surface area contributed by atoms with Crippen LogP contribution in [0.5, 0.6) is 11.5 Å². The molecule has 1 aliphatic heterocycles. The second kappa shape index (κ2) is 11.4. The van der Waals surface area contributed by atoms with Gasteiger partial charge in [0.15, 0.2) is 11.5 Å². The molecular weight excluding hydrogens is 366 g/mol. The largest absolute Gasteiger partial charge is 0.493 e. The normalized spacial score (nSPS) is 14.8. The van der Waals surface area contributed by atoms with E-state index in [2.05, 4.69) is 27.3 Å². The molecule has 1 fully saturated rings. The highest BCUT2D eigenvalue weighted by Gasteiger charge is 2.12. The molecule has 3 rings (SSSR count). The lowest BCUT2D eigenvalue weighted by Gasteiger charge is -2.20. The van der Waals surface area contributed by atoms with Crippen LogP contribution in [0.2, 0.25) is 0 Å². The zero-order valence-electron chi connectivity index (χ0n) is 17.2. The number of hydrogen-bond donors (Lipinski definition) is 1. The van der Waals surface area contributed by atoms with E-state index >= 15 is 0 Å². The summed E-state index contributed by atoms with van der Waals surface area (Å²) in [6.45, 7) is 4.33. The fourth-order valence-electron chi connectivity index (χ4n) is 3.54. The number of nitrogens with zero attached hydrogens (tertiary/aromatic N) is 2. The summed E-state index contributed by atoms with van der Waals surface area (Å²) in [5, 5.41) is 2.89. The van der Waals surface area contributed by atoms with Gasteiger partial charge in [-0.25, -0.2) is 0 Å². The molecule has 1 aromatic heterocycles. The number of rotatable bonds is 9. The van der Waals surface area contributed by atoms with Crippen LogP contribution in [-0.4, -0.2) is 49.1 Å². The quantitative estimate of drug-likeness (QED) is 0.654. The molecule has 2 aromatic rings.